The van der Waals surface area contributed by atoms with Crippen LogP contribution in [0.25, 0.3) is 0 Å². The van der Waals surface area contributed by atoms with Crippen molar-refractivity contribution in [2.45, 2.75) is 6.61 Å². The van der Waals surface area contributed by atoms with Gasteiger partial charge in [0.1, 0.15) is 18.1 Å². The number of ether oxygens (including phenoxy) is 2. The Bertz CT molecular complexity index is 667. The first kappa shape index (κ1) is 14.7. The quantitative estimate of drug-likeness (QED) is 0.810. The maximum atomic E-state index is 8.95. The summed E-state index contributed by atoms with van der Waals surface area (Å²) >= 11 is 9.48. The van der Waals surface area contributed by atoms with Gasteiger partial charge in [-0.15, -0.1) is 0 Å². The minimum absolute atomic E-state index is 0.324. The van der Waals surface area contributed by atoms with Crippen molar-refractivity contribution >= 4 is 27.5 Å². The van der Waals surface area contributed by atoms with E-state index in [9.17, 15) is 0 Å². The van der Waals surface area contributed by atoms with Gasteiger partial charge in [0, 0.05) is 21.1 Å². The van der Waals surface area contributed by atoms with E-state index in [0.717, 1.165) is 10.0 Å². The number of nitrogens with zero attached hydrogens (tertiary/aromatic N) is 1. The number of nitriles is 1. The number of rotatable bonds is 4. The normalized spacial score (nSPS) is 9.90. The lowest BCUT2D eigenvalue weighted by Crippen LogP contribution is -1.97. The van der Waals surface area contributed by atoms with Crippen molar-refractivity contribution in [1.29, 1.82) is 5.26 Å². The molecule has 0 fully saturated rings. The zero-order valence-electron chi connectivity index (χ0n) is 10.7. The lowest BCUT2D eigenvalue weighted by atomic mass is 10.2. The molecule has 0 aliphatic rings. The molecule has 0 aliphatic heterocycles. The summed E-state index contributed by atoms with van der Waals surface area (Å²) in [5.74, 6) is 1.15. The van der Waals surface area contributed by atoms with E-state index in [1.165, 1.54) is 0 Å². The minimum Gasteiger partial charge on any atom is -0.497 e. The summed E-state index contributed by atoms with van der Waals surface area (Å²) in [4.78, 5) is 0. The van der Waals surface area contributed by atoms with Crippen molar-refractivity contribution in [3.05, 3.63) is 57.0 Å². The van der Waals surface area contributed by atoms with E-state index in [1.54, 1.807) is 25.3 Å². The van der Waals surface area contributed by atoms with Crippen LogP contribution in [0.4, 0.5) is 0 Å². The van der Waals surface area contributed by atoms with Crippen LogP contribution in [0.1, 0.15) is 11.1 Å². The Balaban J connectivity index is 2.16. The van der Waals surface area contributed by atoms with E-state index in [0.29, 0.717) is 28.7 Å². The standard InChI is InChI=1S/C15H11BrClNO2/c1-19-13-4-10(8-18)5-14(7-13)20-9-11-2-3-12(16)6-15(11)17/h2-7H,9H2,1H3. The van der Waals surface area contributed by atoms with Crippen LogP contribution in [0, 0.1) is 11.3 Å². The van der Waals surface area contributed by atoms with Gasteiger partial charge in [0.15, 0.2) is 0 Å². The van der Waals surface area contributed by atoms with Gasteiger partial charge in [0.25, 0.3) is 0 Å². The Morgan fingerprint density at radius 1 is 1.20 bits per heavy atom. The van der Waals surface area contributed by atoms with Crippen LogP contribution in [-0.4, -0.2) is 7.11 Å². The first-order chi connectivity index (χ1) is 9.62. The second-order valence-electron chi connectivity index (χ2n) is 4.03. The van der Waals surface area contributed by atoms with Crippen LogP contribution in [0.5, 0.6) is 11.5 Å². The molecule has 2 rings (SSSR count). The molecule has 0 N–H and O–H groups in total. The summed E-state index contributed by atoms with van der Waals surface area (Å²) in [5, 5.41) is 9.58. The van der Waals surface area contributed by atoms with E-state index in [2.05, 4.69) is 22.0 Å². The second kappa shape index (κ2) is 6.65. The maximum absolute atomic E-state index is 8.95. The molecule has 0 radical (unpaired) electrons. The Morgan fingerprint density at radius 3 is 2.60 bits per heavy atom. The number of hydrogen-bond acceptors (Lipinski definition) is 3. The van der Waals surface area contributed by atoms with Crippen molar-refractivity contribution in [3.63, 3.8) is 0 Å². The average molecular weight is 353 g/mol. The highest BCUT2D eigenvalue weighted by molar-refractivity contribution is 9.10. The monoisotopic (exact) mass is 351 g/mol. The van der Waals surface area contributed by atoms with E-state index in [4.69, 9.17) is 26.3 Å². The van der Waals surface area contributed by atoms with Gasteiger partial charge in [-0.05, 0) is 24.3 Å². The molecule has 0 atom stereocenters. The van der Waals surface area contributed by atoms with Gasteiger partial charge < -0.3 is 9.47 Å². The molecule has 0 amide bonds. The summed E-state index contributed by atoms with van der Waals surface area (Å²) in [5.41, 5.74) is 1.36. The highest BCUT2D eigenvalue weighted by Gasteiger charge is 2.05. The third kappa shape index (κ3) is 3.66. The van der Waals surface area contributed by atoms with Crippen LogP contribution >= 0.6 is 27.5 Å². The van der Waals surface area contributed by atoms with Crippen LogP contribution in [0.2, 0.25) is 5.02 Å². The van der Waals surface area contributed by atoms with Gasteiger partial charge in [0.2, 0.25) is 0 Å². The van der Waals surface area contributed by atoms with E-state index in [1.807, 2.05) is 18.2 Å². The van der Waals surface area contributed by atoms with Crippen molar-refractivity contribution < 1.29 is 9.47 Å². The fraction of sp³-hybridized carbons (Fsp3) is 0.133. The number of halogens is 2. The van der Waals surface area contributed by atoms with Crippen molar-refractivity contribution in [1.82, 2.24) is 0 Å². The molecule has 3 nitrogen and oxygen atoms in total. The van der Waals surface area contributed by atoms with Crippen LogP contribution < -0.4 is 9.47 Å². The largest absolute Gasteiger partial charge is 0.497 e. The number of hydrogen-bond donors (Lipinski definition) is 0. The molecule has 0 aromatic heterocycles. The molecule has 2 aromatic carbocycles. The predicted molar refractivity (Wildman–Crippen MR) is 81.2 cm³/mol. The first-order valence-corrected chi connectivity index (χ1v) is 6.95. The summed E-state index contributed by atoms with van der Waals surface area (Å²) in [6, 6.07) is 12.7. The SMILES string of the molecule is COc1cc(C#N)cc(OCc2ccc(Br)cc2Cl)c1. The number of methoxy groups -OCH3 is 1. The first-order valence-electron chi connectivity index (χ1n) is 5.78. The molecule has 0 saturated carbocycles. The molecule has 20 heavy (non-hydrogen) atoms. The summed E-state index contributed by atoms with van der Waals surface area (Å²) < 4.78 is 11.7. The van der Waals surface area contributed by atoms with Crippen molar-refractivity contribution in [2.24, 2.45) is 0 Å². The highest BCUT2D eigenvalue weighted by Crippen LogP contribution is 2.26. The van der Waals surface area contributed by atoms with Crippen molar-refractivity contribution in [2.75, 3.05) is 7.11 Å². The topological polar surface area (TPSA) is 42.2 Å². The lowest BCUT2D eigenvalue weighted by Gasteiger charge is -2.10. The smallest absolute Gasteiger partial charge is 0.124 e. The van der Waals surface area contributed by atoms with Crippen molar-refractivity contribution in [3.8, 4) is 17.6 Å². The molecule has 102 valence electrons. The molecule has 5 heteroatoms. The molecular formula is C15H11BrClNO2. The summed E-state index contributed by atoms with van der Waals surface area (Å²) in [6.45, 7) is 0.324. The Hall–Kier alpha value is -1.70. The predicted octanol–water partition coefficient (Wildman–Crippen LogP) is 4.56. The highest BCUT2D eigenvalue weighted by atomic mass is 79.9. The zero-order chi connectivity index (χ0) is 14.5. The maximum Gasteiger partial charge on any atom is 0.124 e. The van der Waals surface area contributed by atoms with E-state index in [-0.39, 0.29) is 0 Å². The van der Waals surface area contributed by atoms with Gasteiger partial charge in [-0.2, -0.15) is 5.26 Å². The molecule has 0 spiro atoms. The fourth-order valence-electron chi connectivity index (χ4n) is 1.64. The Kier molecular flexibility index (Phi) is 4.89. The van der Waals surface area contributed by atoms with Crippen LogP contribution in [0.3, 0.4) is 0 Å². The minimum atomic E-state index is 0.324. The van der Waals surface area contributed by atoms with Crippen LogP contribution in [-0.2, 0) is 6.61 Å². The molecule has 0 saturated heterocycles. The molecule has 2 aromatic rings. The van der Waals surface area contributed by atoms with Gasteiger partial charge in [-0.1, -0.05) is 33.6 Å². The third-order valence-corrected chi connectivity index (χ3v) is 3.50. The fourth-order valence-corrected chi connectivity index (χ4v) is 2.37. The molecule has 0 heterocycles. The summed E-state index contributed by atoms with van der Waals surface area (Å²) in [7, 11) is 1.55. The second-order valence-corrected chi connectivity index (χ2v) is 5.36. The molecular weight excluding hydrogens is 342 g/mol. The zero-order valence-corrected chi connectivity index (χ0v) is 13.0. The van der Waals surface area contributed by atoms with Gasteiger partial charge in [-0.3, -0.25) is 0 Å². The van der Waals surface area contributed by atoms with E-state index >= 15 is 0 Å². The average Bonchev–Trinajstić information content (AvgIpc) is 2.46. The molecule has 0 aliphatic carbocycles. The molecule has 0 bridgehead atoms. The lowest BCUT2D eigenvalue weighted by molar-refractivity contribution is 0.303. The Morgan fingerprint density at radius 2 is 1.95 bits per heavy atom. The number of benzene rings is 2. The Labute approximate surface area is 130 Å². The third-order valence-electron chi connectivity index (χ3n) is 2.65. The van der Waals surface area contributed by atoms with Gasteiger partial charge in [-0.25, -0.2) is 0 Å². The van der Waals surface area contributed by atoms with Gasteiger partial charge >= 0.3 is 0 Å². The summed E-state index contributed by atoms with van der Waals surface area (Å²) in [6.07, 6.45) is 0. The van der Waals surface area contributed by atoms with Gasteiger partial charge in [0.05, 0.1) is 18.7 Å². The molecule has 0 unspecified atom stereocenters. The van der Waals surface area contributed by atoms with E-state index < -0.39 is 0 Å². The van der Waals surface area contributed by atoms with Crippen LogP contribution in [0.15, 0.2) is 40.9 Å².